The minimum Gasteiger partial charge on any atom is -0.431 e. The van der Waals surface area contributed by atoms with Crippen LogP contribution in [0.1, 0.15) is 18.2 Å². The molecule has 0 amide bonds. The van der Waals surface area contributed by atoms with Crippen LogP contribution in [0.4, 0.5) is 11.7 Å². The first kappa shape index (κ1) is 12.6. The summed E-state index contributed by atoms with van der Waals surface area (Å²) in [6.07, 6.45) is 1.70. The Bertz CT molecular complexity index is 507. The summed E-state index contributed by atoms with van der Waals surface area (Å²) >= 11 is 0. The lowest BCUT2D eigenvalue weighted by atomic mass is 10.2. The average molecular weight is 245 g/mol. The van der Waals surface area contributed by atoms with Crippen LogP contribution in [0.15, 0.2) is 34.9 Å². The normalized spacial score (nSPS) is 10.6. The molecule has 0 aliphatic carbocycles. The molecule has 1 N–H and O–H groups in total. The topological polar surface area (TPSA) is 41.3 Å². The third kappa shape index (κ3) is 2.90. The maximum Gasteiger partial charge on any atom is 0.301 e. The van der Waals surface area contributed by atoms with E-state index in [1.807, 2.05) is 24.1 Å². The van der Waals surface area contributed by atoms with E-state index in [0.29, 0.717) is 6.01 Å². The Morgan fingerprint density at radius 1 is 1.39 bits per heavy atom. The lowest BCUT2D eigenvalue weighted by molar-refractivity contribution is 0.558. The van der Waals surface area contributed by atoms with Gasteiger partial charge in [0.25, 0.3) is 0 Å². The van der Waals surface area contributed by atoms with Crippen molar-refractivity contribution in [3.05, 3.63) is 41.8 Å². The highest BCUT2D eigenvalue weighted by Crippen LogP contribution is 2.23. The van der Waals surface area contributed by atoms with Crippen molar-refractivity contribution in [2.75, 3.05) is 18.5 Å². The van der Waals surface area contributed by atoms with Crippen molar-refractivity contribution in [3.63, 3.8) is 0 Å². The highest BCUT2D eigenvalue weighted by Gasteiger charge is 2.10. The van der Waals surface area contributed by atoms with E-state index in [9.17, 15) is 0 Å². The fourth-order valence-electron chi connectivity index (χ4n) is 1.73. The van der Waals surface area contributed by atoms with E-state index in [1.165, 1.54) is 5.56 Å². The van der Waals surface area contributed by atoms with Crippen LogP contribution < -0.4 is 10.2 Å². The zero-order chi connectivity index (χ0) is 13.0. The molecule has 1 aromatic carbocycles. The van der Waals surface area contributed by atoms with Crippen LogP contribution >= 0.6 is 0 Å². The Balaban J connectivity index is 2.13. The number of anilines is 2. The summed E-state index contributed by atoms with van der Waals surface area (Å²) in [4.78, 5) is 6.40. The SMILES string of the molecule is CCNCc1coc(N(C)c2cccc(C)c2)n1. The molecular weight excluding hydrogens is 226 g/mol. The Morgan fingerprint density at radius 2 is 2.22 bits per heavy atom. The molecule has 1 aromatic heterocycles. The van der Waals surface area contributed by atoms with E-state index in [2.05, 4.69) is 36.3 Å². The molecule has 0 saturated heterocycles. The summed E-state index contributed by atoms with van der Waals surface area (Å²) < 4.78 is 5.49. The number of aryl methyl sites for hydroxylation is 1. The van der Waals surface area contributed by atoms with Crippen molar-refractivity contribution in [1.29, 1.82) is 0 Å². The summed E-state index contributed by atoms with van der Waals surface area (Å²) in [7, 11) is 1.96. The van der Waals surface area contributed by atoms with Crippen LogP contribution in [0.25, 0.3) is 0 Å². The van der Waals surface area contributed by atoms with Gasteiger partial charge in [-0.3, -0.25) is 4.90 Å². The second kappa shape index (κ2) is 5.69. The molecule has 2 rings (SSSR count). The van der Waals surface area contributed by atoms with Gasteiger partial charge in [0, 0.05) is 19.3 Å². The van der Waals surface area contributed by atoms with E-state index in [-0.39, 0.29) is 0 Å². The van der Waals surface area contributed by atoms with Crippen LogP contribution in [0.5, 0.6) is 0 Å². The highest BCUT2D eigenvalue weighted by atomic mass is 16.4. The molecule has 96 valence electrons. The molecule has 0 fully saturated rings. The van der Waals surface area contributed by atoms with E-state index in [4.69, 9.17) is 4.42 Å². The molecule has 0 atom stereocenters. The molecule has 0 aliphatic rings. The summed E-state index contributed by atoms with van der Waals surface area (Å²) in [5, 5.41) is 3.22. The maximum atomic E-state index is 5.49. The molecule has 0 bridgehead atoms. The third-order valence-electron chi connectivity index (χ3n) is 2.77. The number of rotatable bonds is 5. The number of aromatic nitrogens is 1. The molecule has 18 heavy (non-hydrogen) atoms. The zero-order valence-corrected chi connectivity index (χ0v) is 11.1. The van der Waals surface area contributed by atoms with Gasteiger partial charge in [-0.15, -0.1) is 0 Å². The fourth-order valence-corrected chi connectivity index (χ4v) is 1.73. The largest absolute Gasteiger partial charge is 0.431 e. The minimum absolute atomic E-state index is 0.619. The Hall–Kier alpha value is -1.81. The van der Waals surface area contributed by atoms with Crippen LogP contribution in [-0.2, 0) is 6.54 Å². The van der Waals surface area contributed by atoms with Gasteiger partial charge < -0.3 is 9.73 Å². The summed E-state index contributed by atoms with van der Waals surface area (Å²) in [6, 6.07) is 8.87. The van der Waals surface area contributed by atoms with Crippen LogP contribution in [0.3, 0.4) is 0 Å². The van der Waals surface area contributed by atoms with E-state index in [1.54, 1.807) is 6.26 Å². The number of benzene rings is 1. The predicted molar refractivity (Wildman–Crippen MR) is 73.1 cm³/mol. The summed E-state index contributed by atoms with van der Waals surface area (Å²) in [5.41, 5.74) is 3.22. The van der Waals surface area contributed by atoms with Crippen molar-refractivity contribution in [1.82, 2.24) is 10.3 Å². The van der Waals surface area contributed by atoms with E-state index < -0.39 is 0 Å². The molecular formula is C14H19N3O. The van der Waals surface area contributed by atoms with Crippen molar-refractivity contribution in [2.45, 2.75) is 20.4 Å². The summed E-state index contributed by atoms with van der Waals surface area (Å²) in [6.45, 7) is 5.81. The van der Waals surface area contributed by atoms with Gasteiger partial charge in [0.1, 0.15) is 6.26 Å². The summed E-state index contributed by atoms with van der Waals surface area (Å²) in [5.74, 6) is 0. The quantitative estimate of drug-likeness (QED) is 0.879. The van der Waals surface area contributed by atoms with Gasteiger partial charge in [-0.1, -0.05) is 19.1 Å². The molecule has 0 spiro atoms. The van der Waals surface area contributed by atoms with Gasteiger partial charge in [0.05, 0.1) is 5.69 Å². The third-order valence-corrected chi connectivity index (χ3v) is 2.77. The first-order chi connectivity index (χ1) is 8.70. The van der Waals surface area contributed by atoms with Gasteiger partial charge >= 0.3 is 6.01 Å². The molecule has 1 heterocycles. The Labute approximate surface area is 108 Å². The van der Waals surface area contributed by atoms with Crippen LogP contribution in [0, 0.1) is 6.92 Å². The number of hydrogen-bond acceptors (Lipinski definition) is 4. The first-order valence-electron chi connectivity index (χ1n) is 6.16. The second-order valence-corrected chi connectivity index (χ2v) is 4.30. The maximum absolute atomic E-state index is 5.49. The highest BCUT2D eigenvalue weighted by molar-refractivity contribution is 5.56. The number of nitrogens with zero attached hydrogens (tertiary/aromatic N) is 2. The van der Waals surface area contributed by atoms with Gasteiger partial charge in [-0.05, 0) is 31.2 Å². The lowest BCUT2D eigenvalue weighted by Crippen LogP contribution is -2.13. The standard InChI is InChI=1S/C14H19N3O/c1-4-15-9-12-10-18-14(16-12)17(3)13-7-5-6-11(2)8-13/h5-8,10,15H,4,9H2,1-3H3. The molecule has 4 heteroatoms. The molecule has 0 unspecified atom stereocenters. The van der Waals surface area contributed by atoms with Gasteiger partial charge in [-0.25, -0.2) is 0 Å². The number of nitrogens with one attached hydrogen (secondary N) is 1. The molecule has 2 aromatic rings. The van der Waals surface area contributed by atoms with Crippen molar-refractivity contribution < 1.29 is 4.42 Å². The monoisotopic (exact) mass is 245 g/mol. The van der Waals surface area contributed by atoms with Crippen LogP contribution in [-0.4, -0.2) is 18.6 Å². The molecule has 0 aliphatic heterocycles. The number of hydrogen-bond donors (Lipinski definition) is 1. The van der Waals surface area contributed by atoms with Crippen molar-refractivity contribution >= 4 is 11.7 Å². The van der Waals surface area contributed by atoms with Crippen LogP contribution in [0.2, 0.25) is 0 Å². The van der Waals surface area contributed by atoms with E-state index in [0.717, 1.165) is 24.5 Å². The lowest BCUT2D eigenvalue weighted by Gasteiger charge is -2.14. The molecule has 0 radical (unpaired) electrons. The van der Waals surface area contributed by atoms with Crippen molar-refractivity contribution in [3.8, 4) is 0 Å². The first-order valence-corrected chi connectivity index (χ1v) is 6.16. The van der Waals surface area contributed by atoms with Gasteiger partial charge in [0.2, 0.25) is 0 Å². The number of oxazole rings is 1. The zero-order valence-electron chi connectivity index (χ0n) is 11.1. The van der Waals surface area contributed by atoms with E-state index >= 15 is 0 Å². The predicted octanol–water partition coefficient (Wildman–Crippen LogP) is 2.86. The molecule has 0 saturated carbocycles. The minimum atomic E-state index is 0.619. The van der Waals surface area contributed by atoms with Gasteiger partial charge in [-0.2, -0.15) is 4.98 Å². The Kier molecular flexibility index (Phi) is 3.99. The van der Waals surface area contributed by atoms with Gasteiger partial charge in [0.15, 0.2) is 0 Å². The smallest absolute Gasteiger partial charge is 0.301 e. The molecule has 4 nitrogen and oxygen atoms in total. The average Bonchev–Trinajstić information content (AvgIpc) is 2.84. The Morgan fingerprint density at radius 3 is 2.94 bits per heavy atom. The second-order valence-electron chi connectivity index (χ2n) is 4.30. The van der Waals surface area contributed by atoms with Crippen molar-refractivity contribution in [2.24, 2.45) is 0 Å². The fraction of sp³-hybridized carbons (Fsp3) is 0.357.